The van der Waals surface area contributed by atoms with Gasteiger partial charge in [0.25, 0.3) is 5.91 Å². The zero-order valence-corrected chi connectivity index (χ0v) is 16.5. The Balaban J connectivity index is 1.54. The lowest BCUT2D eigenvalue weighted by Gasteiger charge is -2.27. The van der Waals surface area contributed by atoms with E-state index in [0.717, 1.165) is 25.2 Å². The Morgan fingerprint density at radius 2 is 1.74 bits per heavy atom. The van der Waals surface area contributed by atoms with E-state index in [1.165, 1.54) is 24.8 Å². The molecule has 1 aliphatic rings. The summed E-state index contributed by atoms with van der Waals surface area (Å²) in [6.07, 6.45) is 3.32. The molecule has 0 aromatic heterocycles. The highest BCUT2D eigenvalue weighted by atomic mass is 35.5. The van der Waals surface area contributed by atoms with Crippen LogP contribution in [0.5, 0.6) is 5.75 Å². The van der Waals surface area contributed by atoms with Crippen LogP contribution in [0.3, 0.4) is 0 Å². The third-order valence-corrected chi connectivity index (χ3v) is 5.16. The van der Waals surface area contributed by atoms with E-state index >= 15 is 0 Å². The molecule has 0 radical (unpaired) electrons. The Labute approximate surface area is 166 Å². The van der Waals surface area contributed by atoms with Crippen molar-refractivity contribution in [3.8, 4) is 5.75 Å². The zero-order chi connectivity index (χ0) is 19.1. The number of ether oxygens (including phenoxy) is 1. The van der Waals surface area contributed by atoms with Gasteiger partial charge in [0.15, 0.2) is 6.10 Å². The van der Waals surface area contributed by atoms with Crippen molar-refractivity contribution in [2.24, 2.45) is 0 Å². The normalized spacial score (nSPS) is 15.9. The fourth-order valence-electron chi connectivity index (χ4n) is 3.34. The highest BCUT2D eigenvalue weighted by Gasteiger charge is 2.16. The van der Waals surface area contributed by atoms with E-state index < -0.39 is 6.10 Å². The predicted octanol–water partition coefficient (Wildman–Crippen LogP) is 4.41. The van der Waals surface area contributed by atoms with Crippen molar-refractivity contribution >= 4 is 17.5 Å². The maximum absolute atomic E-state index is 12.4. The van der Waals surface area contributed by atoms with Gasteiger partial charge in [-0.2, -0.15) is 0 Å². The molecule has 4 nitrogen and oxygen atoms in total. The van der Waals surface area contributed by atoms with E-state index in [1.54, 1.807) is 31.2 Å². The quantitative estimate of drug-likeness (QED) is 0.766. The number of likely N-dealkylation sites (tertiary alicyclic amines) is 1. The number of hydrogen-bond donors (Lipinski definition) is 1. The van der Waals surface area contributed by atoms with Crippen molar-refractivity contribution in [3.63, 3.8) is 0 Å². The van der Waals surface area contributed by atoms with Gasteiger partial charge in [0.05, 0.1) is 0 Å². The van der Waals surface area contributed by atoms with Crippen molar-refractivity contribution in [2.45, 2.75) is 45.4 Å². The molecule has 5 heteroatoms. The van der Waals surface area contributed by atoms with E-state index in [4.69, 9.17) is 16.3 Å². The summed E-state index contributed by atoms with van der Waals surface area (Å²) < 4.78 is 5.69. The molecule has 27 heavy (non-hydrogen) atoms. The molecule has 1 fully saturated rings. The largest absolute Gasteiger partial charge is 0.481 e. The number of benzene rings is 2. The first-order chi connectivity index (χ1) is 13.1. The summed E-state index contributed by atoms with van der Waals surface area (Å²) in [4.78, 5) is 14.9. The lowest BCUT2D eigenvalue weighted by atomic mass is 10.0. The Morgan fingerprint density at radius 3 is 2.44 bits per heavy atom. The molecule has 1 amide bonds. The van der Waals surface area contributed by atoms with Crippen molar-refractivity contribution in [2.75, 3.05) is 13.1 Å². The first kappa shape index (κ1) is 19.7. The van der Waals surface area contributed by atoms with E-state index in [-0.39, 0.29) is 5.91 Å². The predicted molar refractivity (Wildman–Crippen MR) is 109 cm³/mol. The molecular formula is C22H27ClN2O2. The molecular weight excluding hydrogens is 360 g/mol. The fourth-order valence-corrected chi connectivity index (χ4v) is 3.47. The van der Waals surface area contributed by atoms with Crippen LogP contribution in [0.15, 0.2) is 48.5 Å². The summed E-state index contributed by atoms with van der Waals surface area (Å²) >= 11 is 5.87. The van der Waals surface area contributed by atoms with Crippen LogP contribution in [0.2, 0.25) is 5.02 Å². The Kier molecular flexibility index (Phi) is 7.13. The molecule has 2 aromatic carbocycles. The van der Waals surface area contributed by atoms with E-state index in [2.05, 4.69) is 28.4 Å². The minimum atomic E-state index is -0.569. The van der Waals surface area contributed by atoms with Crippen LogP contribution >= 0.6 is 11.6 Å². The van der Waals surface area contributed by atoms with E-state index in [0.29, 0.717) is 17.3 Å². The summed E-state index contributed by atoms with van der Waals surface area (Å²) in [6, 6.07) is 15.4. The highest BCUT2D eigenvalue weighted by Crippen LogP contribution is 2.18. The first-order valence-electron chi connectivity index (χ1n) is 9.61. The Morgan fingerprint density at radius 1 is 1.07 bits per heavy atom. The molecule has 3 rings (SSSR count). The Hall–Kier alpha value is -2.04. The third-order valence-electron chi connectivity index (χ3n) is 4.91. The highest BCUT2D eigenvalue weighted by molar-refractivity contribution is 6.30. The second-order valence-electron chi connectivity index (χ2n) is 7.04. The monoisotopic (exact) mass is 386 g/mol. The second-order valence-corrected chi connectivity index (χ2v) is 7.47. The maximum Gasteiger partial charge on any atom is 0.261 e. The van der Waals surface area contributed by atoms with Gasteiger partial charge in [0.2, 0.25) is 0 Å². The molecule has 2 aromatic rings. The fraction of sp³-hybridized carbons (Fsp3) is 0.409. The minimum absolute atomic E-state index is 0.127. The van der Waals surface area contributed by atoms with Gasteiger partial charge < -0.3 is 10.1 Å². The number of carbonyl (C=O) groups is 1. The topological polar surface area (TPSA) is 41.6 Å². The van der Waals surface area contributed by atoms with Crippen molar-refractivity contribution < 1.29 is 9.53 Å². The molecule has 1 atom stereocenters. The molecule has 0 unspecified atom stereocenters. The second kappa shape index (κ2) is 9.77. The van der Waals surface area contributed by atoms with Crippen LogP contribution in [0.4, 0.5) is 0 Å². The van der Waals surface area contributed by atoms with Crippen LogP contribution < -0.4 is 10.1 Å². The summed E-state index contributed by atoms with van der Waals surface area (Å²) in [5, 5.41) is 3.64. The Bertz CT molecular complexity index is 742. The van der Waals surface area contributed by atoms with Gasteiger partial charge in [0, 0.05) is 18.1 Å². The SMILES string of the molecule is C[C@H](Oc1ccc(Cl)cc1)C(=O)NCc1ccccc1CN1CCCCC1. The van der Waals surface area contributed by atoms with Crippen LogP contribution in [0.1, 0.15) is 37.3 Å². The van der Waals surface area contributed by atoms with Crippen LogP contribution in [-0.2, 0) is 17.9 Å². The summed E-state index contributed by atoms with van der Waals surface area (Å²) in [6.45, 7) is 5.53. The molecule has 0 saturated carbocycles. The number of piperidine rings is 1. The van der Waals surface area contributed by atoms with Gasteiger partial charge in [-0.25, -0.2) is 0 Å². The number of carbonyl (C=O) groups excluding carboxylic acids is 1. The molecule has 0 aliphatic carbocycles. The van der Waals surface area contributed by atoms with Crippen molar-refractivity contribution in [3.05, 3.63) is 64.7 Å². The number of hydrogen-bond acceptors (Lipinski definition) is 3. The van der Waals surface area contributed by atoms with Crippen LogP contribution in [0.25, 0.3) is 0 Å². The summed E-state index contributed by atoms with van der Waals surface area (Å²) in [5.74, 6) is 0.505. The number of amides is 1. The lowest BCUT2D eigenvalue weighted by Crippen LogP contribution is -2.36. The molecule has 1 saturated heterocycles. The average molecular weight is 387 g/mol. The maximum atomic E-state index is 12.4. The minimum Gasteiger partial charge on any atom is -0.481 e. The van der Waals surface area contributed by atoms with E-state index in [1.807, 2.05) is 6.07 Å². The number of halogens is 1. The van der Waals surface area contributed by atoms with Crippen LogP contribution in [0, 0.1) is 0 Å². The van der Waals surface area contributed by atoms with Gasteiger partial charge >= 0.3 is 0 Å². The summed E-state index contributed by atoms with van der Waals surface area (Å²) in [7, 11) is 0. The van der Waals surface area contributed by atoms with Gasteiger partial charge in [-0.1, -0.05) is 42.3 Å². The zero-order valence-electron chi connectivity index (χ0n) is 15.8. The molecule has 0 spiro atoms. The van der Waals surface area contributed by atoms with E-state index in [9.17, 15) is 4.79 Å². The van der Waals surface area contributed by atoms with Gasteiger partial charge in [0.1, 0.15) is 5.75 Å². The van der Waals surface area contributed by atoms with Crippen molar-refractivity contribution in [1.82, 2.24) is 10.2 Å². The third kappa shape index (κ3) is 5.98. The molecule has 1 aliphatic heterocycles. The molecule has 1 heterocycles. The number of nitrogens with zero attached hydrogens (tertiary/aromatic N) is 1. The number of nitrogens with one attached hydrogen (secondary N) is 1. The van der Waals surface area contributed by atoms with Gasteiger partial charge in [-0.3, -0.25) is 9.69 Å². The van der Waals surface area contributed by atoms with Crippen molar-refractivity contribution in [1.29, 1.82) is 0 Å². The summed E-state index contributed by atoms with van der Waals surface area (Å²) in [5.41, 5.74) is 2.45. The van der Waals surface area contributed by atoms with Crippen LogP contribution in [-0.4, -0.2) is 30.0 Å². The van der Waals surface area contributed by atoms with Gasteiger partial charge in [-0.15, -0.1) is 0 Å². The smallest absolute Gasteiger partial charge is 0.261 e. The standard InChI is InChI=1S/C22H27ClN2O2/c1-17(27-21-11-9-20(23)10-12-21)22(26)24-15-18-7-3-4-8-19(18)16-25-13-5-2-6-14-25/h3-4,7-12,17H,2,5-6,13-16H2,1H3,(H,24,26)/t17-/m0/s1. The molecule has 144 valence electrons. The lowest BCUT2D eigenvalue weighted by molar-refractivity contribution is -0.127. The number of rotatable bonds is 7. The van der Waals surface area contributed by atoms with Gasteiger partial charge in [-0.05, 0) is 68.2 Å². The first-order valence-corrected chi connectivity index (χ1v) is 9.98. The molecule has 0 bridgehead atoms. The average Bonchev–Trinajstić information content (AvgIpc) is 2.69. The molecule has 1 N–H and O–H groups in total.